The van der Waals surface area contributed by atoms with Gasteiger partial charge in [0.2, 0.25) is 0 Å². The molecular formula is C16H15BrN2O. The van der Waals surface area contributed by atoms with Gasteiger partial charge in [-0.1, -0.05) is 0 Å². The lowest BCUT2D eigenvalue weighted by molar-refractivity contribution is 0.156. The van der Waals surface area contributed by atoms with Gasteiger partial charge in [-0.05, 0) is 66.4 Å². The number of nitrogens with zero attached hydrogens (tertiary/aromatic N) is 2. The monoisotopic (exact) mass is 330 g/mol. The lowest BCUT2D eigenvalue weighted by Crippen LogP contribution is -2.11. The molecule has 1 heterocycles. The molecular weight excluding hydrogens is 316 g/mol. The average Bonchev–Trinajstić information content (AvgIpc) is 2.77. The van der Waals surface area contributed by atoms with Crippen LogP contribution in [-0.4, -0.2) is 9.67 Å². The van der Waals surface area contributed by atoms with Crippen LogP contribution in [0, 0.1) is 18.3 Å². The standard InChI is InChI=1S/C16H15BrN2O/c1-10-7-12-14(3-2-4-16(12)20)19(10)15-6-5-11(9-18)8-13(15)17/h5-8,16,20H,2-4H2,1H3. The summed E-state index contributed by atoms with van der Waals surface area (Å²) in [7, 11) is 0. The first kappa shape index (κ1) is 13.4. The Morgan fingerprint density at radius 1 is 1.40 bits per heavy atom. The van der Waals surface area contributed by atoms with E-state index < -0.39 is 0 Å². The Balaban J connectivity index is 2.18. The summed E-state index contributed by atoms with van der Waals surface area (Å²) in [5, 5.41) is 19.1. The molecule has 0 saturated heterocycles. The minimum absolute atomic E-state index is 0.351. The number of aryl methyl sites for hydroxylation is 1. The number of aliphatic hydroxyl groups is 1. The van der Waals surface area contributed by atoms with Crippen molar-refractivity contribution in [1.82, 2.24) is 4.57 Å². The molecule has 0 radical (unpaired) electrons. The van der Waals surface area contributed by atoms with E-state index in [4.69, 9.17) is 5.26 Å². The summed E-state index contributed by atoms with van der Waals surface area (Å²) in [6, 6.07) is 9.83. The van der Waals surface area contributed by atoms with Crippen LogP contribution in [0.4, 0.5) is 0 Å². The van der Waals surface area contributed by atoms with Crippen LogP contribution in [0.3, 0.4) is 0 Å². The predicted molar refractivity (Wildman–Crippen MR) is 80.8 cm³/mol. The summed E-state index contributed by atoms with van der Waals surface area (Å²) in [4.78, 5) is 0. The highest BCUT2D eigenvalue weighted by Gasteiger charge is 2.24. The van der Waals surface area contributed by atoms with E-state index >= 15 is 0 Å². The van der Waals surface area contributed by atoms with Gasteiger partial charge in [0.05, 0.1) is 23.4 Å². The molecule has 102 valence electrons. The van der Waals surface area contributed by atoms with Gasteiger partial charge in [-0.2, -0.15) is 5.26 Å². The van der Waals surface area contributed by atoms with Crippen LogP contribution in [0.15, 0.2) is 28.7 Å². The number of hydrogen-bond donors (Lipinski definition) is 1. The van der Waals surface area contributed by atoms with Crippen molar-refractivity contribution in [3.05, 3.63) is 51.3 Å². The van der Waals surface area contributed by atoms with Crippen molar-refractivity contribution in [1.29, 1.82) is 5.26 Å². The van der Waals surface area contributed by atoms with Crippen molar-refractivity contribution < 1.29 is 5.11 Å². The number of aromatic nitrogens is 1. The summed E-state index contributed by atoms with van der Waals surface area (Å²) in [5.74, 6) is 0. The Morgan fingerprint density at radius 3 is 2.90 bits per heavy atom. The molecule has 1 aliphatic rings. The number of aliphatic hydroxyl groups excluding tert-OH is 1. The second kappa shape index (κ2) is 5.08. The highest BCUT2D eigenvalue weighted by Crippen LogP contribution is 2.35. The first-order valence-corrected chi connectivity index (χ1v) is 7.50. The van der Waals surface area contributed by atoms with Crippen LogP contribution in [-0.2, 0) is 6.42 Å². The van der Waals surface area contributed by atoms with Gasteiger partial charge in [0, 0.05) is 21.4 Å². The van der Waals surface area contributed by atoms with Gasteiger partial charge in [0.15, 0.2) is 0 Å². The van der Waals surface area contributed by atoms with Crippen LogP contribution in [0.2, 0.25) is 0 Å². The second-order valence-electron chi connectivity index (χ2n) is 5.21. The van der Waals surface area contributed by atoms with Gasteiger partial charge >= 0.3 is 0 Å². The zero-order valence-corrected chi connectivity index (χ0v) is 12.8. The minimum Gasteiger partial charge on any atom is -0.388 e. The molecule has 0 amide bonds. The minimum atomic E-state index is -0.351. The first-order valence-electron chi connectivity index (χ1n) is 6.71. The van der Waals surface area contributed by atoms with Crippen LogP contribution in [0.5, 0.6) is 0 Å². The lowest BCUT2D eigenvalue weighted by Gasteiger charge is -2.21. The number of fused-ring (bicyclic) bond motifs is 1. The highest BCUT2D eigenvalue weighted by molar-refractivity contribution is 9.10. The summed E-state index contributed by atoms with van der Waals surface area (Å²) in [6.45, 7) is 2.05. The Hall–Kier alpha value is -1.57. The summed E-state index contributed by atoms with van der Waals surface area (Å²) >= 11 is 3.55. The predicted octanol–water partition coefficient (Wildman–Crippen LogP) is 3.79. The van der Waals surface area contributed by atoms with Gasteiger partial charge in [-0.3, -0.25) is 0 Å². The normalized spacial score (nSPS) is 17.6. The van der Waals surface area contributed by atoms with E-state index in [1.54, 1.807) is 0 Å². The number of benzene rings is 1. The van der Waals surface area contributed by atoms with E-state index in [1.165, 1.54) is 5.69 Å². The largest absolute Gasteiger partial charge is 0.388 e. The van der Waals surface area contributed by atoms with Gasteiger partial charge < -0.3 is 9.67 Å². The van der Waals surface area contributed by atoms with Crippen molar-refractivity contribution in [3.63, 3.8) is 0 Å². The Morgan fingerprint density at radius 2 is 2.20 bits per heavy atom. The van der Waals surface area contributed by atoms with Crippen LogP contribution in [0.25, 0.3) is 5.69 Å². The average molecular weight is 331 g/mol. The number of hydrogen-bond acceptors (Lipinski definition) is 2. The van der Waals surface area contributed by atoms with Crippen LogP contribution < -0.4 is 0 Å². The molecule has 1 aromatic carbocycles. The van der Waals surface area contributed by atoms with E-state index in [0.717, 1.165) is 40.7 Å². The van der Waals surface area contributed by atoms with E-state index in [2.05, 4.69) is 39.6 Å². The number of rotatable bonds is 1. The molecule has 20 heavy (non-hydrogen) atoms. The van der Waals surface area contributed by atoms with Gasteiger partial charge in [0.1, 0.15) is 0 Å². The zero-order chi connectivity index (χ0) is 14.3. The molecule has 0 bridgehead atoms. The first-order chi connectivity index (χ1) is 9.61. The zero-order valence-electron chi connectivity index (χ0n) is 11.2. The Bertz CT molecular complexity index is 712. The third-order valence-corrected chi connectivity index (χ3v) is 4.52. The maximum absolute atomic E-state index is 10.1. The molecule has 2 aromatic rings. The van der Waals surface area contributed by atoms with E-state index in [0.29, 0.717) is 5.56 Å². The van der Waals surface area contributed by atoms with Crippen molar-refractivity contribution in [3.8, 4) is 11.8 Å². The quantitative estimate of drug-likeness (QED) is 0.864. The highest BCUT2D eigenvalue weighted by atomic mass is 79.9. The lowest BCUT2D eigenvalue weighted by atomic mass is 9.95. The third-order valence-electron chi connectivity index (χ3n) is 3.89. The van der Waals surface area contributed by atoms with E-state index in [1.807, 2.05) is 18.2 Å². The molecule has 3 nitrogen and oxygen atoms in total. The molecule has 4 heteroatoms. The third kappa shape index (κ3) is 2.07. The fraction of sp³-hybridized carbons (Fsp3) is 0.312. The SMILES string of the molecule is Cc1cc2c(n1-c1ccc(C#N)cc1Br)CCCC2O. The molecule has 0 fully saturated rings. The van der Waals surface area contributed by atoms with Crippen molar-refractivity contribution >= 4 is 15.9 Å². The van der Waals surface area contributed by atoms with E-state index in [9.17, 15) is 5.11 Å². The smallest absolute Gasteiger partial charge is 0.0992 e. The molecule has 1 aromatic heterocycles. The second-order valence-corrected chi connectivity index (χ2v) is 6.06. The van der Waals surface area contributed by atoms with Gasteiger partial charge in [-0.15, -0.1) is 0 Å². The summed E-state index contributed by atoms with van der Waals surface area (Å²) in [6.07, 6.45) is 2.47. The Labute approximate surface area is 126 Å². The fourth-order valence-corrected chi connectivity index (χ4v) is 3.53. The van der Waals surface area contributed by atoms with Crippen LogP contribution in [0.1, 0.15) is 41.5 Å². The summed E-state index contributed by atoms with van der Waals surface area (Å²) < 4.78 is 3.08. The Kier molecular flexibility index (Phi) is 3.41. The molecule has 1 N–H and O–H groups in total. The van der Waals surface area contributed by atoms with Gasteiger partial charge in [0.25, 0.3) is 0 Å². The molecule has 1 atom stereocenters. The molecule has 0 saturated carbocycles. The molecule has 0 spiro atoms. The van der Waals surface area contributed by atoms with Crippen LogP contribution >= 0.6 is 15.9 Å². The fourth-order valence-electron chi connectivity index (χ4n) is 2.97. The molecule has 3 rings (SSSR count). The molecule has 0 aliphatic heterocycles. The number of halogens is 1. The summed E-state index contributed by atoms with van der Waals surface area (Å²) in [5.41, 5.74) is 5.01. The maximum Gasteiger partial charge on any atom is 0.0992 e. The van der Waals surface area contributed by atoms with Gasteiger partial charge in [-0.25, -0.2) is 0 Å². The molecule has 1 unspecified atom stereocenters. The van der Waals surface area contributed by atoms with Crippen molar-refractivity contribution in [2.24, 2.45) is 0 Å². The van der Waals surface area contributed by atoms with E-state index in [-0.39, 0.29) is 6.10 Å². The topological polar surface area (TPSA) is 49.0 Å². The maximum atomic E-state index is 10.1. The van der Waals surface area contributed by atoms with Crippen molar-refractivity contribution in [2.75, 3.05) is 0 Å². The number of nitriles is 1. The molecule has 1 aliphatic carbocycles. The van der Waals surface area contributed by atoms with Crippen molar-refractivity contribution in [2.45, 2.75) is 32.3 Å².